The maximum atomic E-state index is 12.6. The summed E-state index contributed by atoms with van der Waals surface area (Å²) in [6.07, 6.45) is 0. The lowest BCUT2D eigenvalue weighted by Gasteiger charge is -2.06. The summed E-state index contributed by atoms with van der Waals surface area (Å²) in [5, 5.41) is 4.98. The van der Waals surface area contributed by atoms with E-state index in [0.29, 0.717) is 5.75 Å². The number of amides is 1. The van der Waals surface area contributed by atoms with Crippen LogP contribution in [0.3, 0.4) is 0 Å². The molecule has 0 atom stereocenters. The first-order valence-corrected chi connectivity index (χ1v) is 11.6. The molecular weight excluding hydrogens is 404 g/mol. The van der Waals surface area contributed by atoms with Gasteiger partial charge in [0, 0.05) is 15.3 Å². The highest BCUT2D eigenvalue weighted by Crippen LogP contribution is 2.43. The fraction of sp³-hybridized carbons (Fsp3) is 0.182. The number of thioether (sulfide) groups is 1. The van der Waals surface area contributed by atoms with Crippen LogP contribution in [-0.2, 0) is 4.79 Å². The second-order valence-corrected chi connectivity index (χ2v) is 9.93. The third-order valence-corrected chi connectivity index (χ3v) is 7.73. The largest absolute Gasteiger partial charge is 0.316 e. The first-order valence-electron chi connectivity index (χ1n) is 8.96. The lowest BCUT2D eigenvalue weighted by atomic mass is 10.1. The summed E-state index contributed by atoms with van der Waals surface area (Å²) in [6, 6.07) is 16.4. The highest BCUT2D eigenvalue weighted by molar-refractivity contribution is 8.00. The molecule has 0 spiro atoms. The molecule has 4 rings (SSSR count). The Balaban J connectivity index is 1.55. The van der Waals surface area contributed by atoms with E-state index in [-0.39, 0.29) is 5.91 Å². The fourth-order valence-corrected chi connectivity index (χ4v) is 5.81. The van der Waals surface area contributed by atoms with Crippen molar-refractivity contribution < 1.29 is 4.79 Å². The van der Waals surface area contributed by atoms with Crippen LogP contribution < -0.4 is 5.32 Å². The second kappa shape index (κ2) is 8.07. The highest BCUT2D eigenvalue weighted by atomic mass is 32.2. The van der Waals surface area contributed by atoms with Crippen molar-refractivity contribution in [3.05, 3.63) is 64.5 Å². The number of nitrogens with zero attached hydrogens (tertiary/aromatic N) is 1. The number of rotatable bonds is 5. The molecule has 142 valence electrons. The Bertz CT molecular complexity index is 1110. The minimum Gasteiger partial charge on any atom is -0.316 e. The van der Waals surface area contributed by atoms with E-state index >= 15 is 0 Å². The molecule has 0 aliphatic rings. The molecule has 2 aromatic heterocycles. The van der Waals surface area contributed by atoms with Gasteiger partial charge in [-0.25, -0.2) is 4.98 Å². The summed E-state index contributed by atoms with van der Waals surface area (Å²) in [7, 11) is 0. The molecule has 3 nitrogen and oxygen atoms in total. The number of hydrogen-bond acceptors (Lipinski definition) is 5. The SMILES string of the molecule is Cc1ccc(SCC(=O)Nc2sc(C)c(C)c2-c2nc3ccccc3s2)cc1. The van der Waals surface area contributed by atoms with Crippen molar-refractivity contribution in [1.29, 1.82) is 0 Å². The number of nitrogens with one attached hydrogen (secondary N) is 1. The van der Waals surface area contributed by atoms with Crippen molar-refractivity contribution in [1.82, 2.24) is 4.98 Å². The number of carbonyl (C=O) groups excluding carboxylic acids is 1. The van der Waals surface area contributed by atoms with Crippen LogP contribution in [0, 0.1) is 20.8 Å². The zero-order chi connectivity index (χ0) is 19.7. The zero-order valence-electron chi connectivity index (χ0n) is 15.9. The third-order valence-electron chi connectivity index (χ3n) is 4.54. The van der Waals surface area contributed by atoms with Crippen molar-refractivity contribution in [2.75, 3.05) is 11.1 Å². The smallest absolute Gasteiger partial charge is 0.235 e. The number of fused-ring (bicyclic) bond motifs is 1. The number of thiazole rings is 1. The highest BCUT2D eigenvalue weighted by Gasteiger charge is 2.19. The Kier molecular flexibility index (Phi) is 5.53. The van der Waals surface area contributed by atoms with Crippen LogP contribution >= 0.6 is 34.4 Å². The third kappa shape index (κ3) is 3.99. The number of para-hydroxylation sites is 1. The monoisotopic (exact) mass is 424 g/mol. The molecule has 0 radical (unpaired) electrons. The van der Waals surface area contributed by atoms with Crippen LogP contribution in [0.4, 0.5) is 5.00 Å². The van der Waals surface area contributed by atoms with Crippen LogP contribution in [0.15, 0.2) is 53.4 Å². The van der Waals surface area contributed by atoms with E-state index in [9.17, 15) is 4.79 Å². The Morgan fingerprint density at radius 3 is 2.54 bits per heavy atom. The van der Waals surface area contributed by atoms with Crippen molar-refractivity contribution in [3.8, 4) is 10.6 Å². The summed E-state index contributed by atoms with van der Waals surface area (Å²) in [5.41, 5.74) is 4.46. The van der Waals surface area contributed by atoms with Gasteiger partial charge in [-0.1, -0.05) is 29.8 Å². The van der Waals surface area contributed by atoms with Crippen molar-refractivity contribution in [3.63, 3.8) is 0 Å². The molecule has 28 heavy (non-hydrogen) atoms. The molecule has 6 heteroatoms. The average Bonchev–Trinajstić information content (AvgIpc) is 3.22. The van der Waals surface area contributed by atoms with Crippen molar-refractivity contribution >= 4 is 55.6 Å². The Hall–Kier alpha value is -2.15. The van der Waals surface area contributed by atoms with E-state index in [4.69, 9.17) is 4.98 Å². The van der Waals surface area contributed by atoms with E-state index in [1.54, 1.807) is 34.4 Å². The van der Waals surface area contributed by atoms with Crippen LogP contribution in [0.25, 0.3) is 20.8 Å². The van der Waals surface area contributed by atoms with Crippen LogP contribution in [0.2, 0.25) is 0 Å². The Morgan fingerprint density at radius 1 is 1.04 bits per heavy atom. The summed E-state index contributed by atoms with van der Waals surface area (Å²) < 4.78 is 1.16. The van der Waals surface area contributed by atoms with E-state index in [1.807, 2.05) is 18.2 Å². The number of aryl methyl sites for hydroxylation is 2. The number of anilines is 1. The summed E-state index contributed by atoms with van der Waals surface area (Å²) in [4.78, 5) is 19.7. The van der Waals surface area contributed by atoms with Gasteiger partial charge >= 0.3 is 0 Å². The van der Waals surface area contributed by atoms with E-state index in [0.717, 1.165) is 30.7 Å². The Labute approximate surface area is 176 Å². The van der Waals surface area contributed by atoms with Crippen LogP contribution in [-0.4, -0.2) is 16.6 Å². The minimum atomic E-state index is 0.00851. The normalized spacial score (nSPS) is 11.1. The van der Waals surface area contributed by atoms with Gasteiger partial charge in [-0.3, -0.25) is 4.79 Å². The van der Waals surface area contributed by atoms with Gasteiger partial charge in [0.25, 0.3) is 0 Å². The average molecular weight is 425 g/mol. The molecule has 0 aliphatic heterocycles. The van der Waals surface area contributed by atoms with Gasteiger partial charge in [0.05, 0.1) is 16.0 Å². The molecule has 4 aromatic rings. The molecule has 1 N–H and O–H groups in total. The summed E-state index contributed by atoms with van der Waals surface area (Å²) in [6.45, 7) is 6.25. The number of thiophene rings is 1. The first kappa shape index (κ1) is 19.2. The van der Waals surface area contributed by atoms with Gasteiger partial charge in [-0.15, -0.1) is 34.4 Å². The van der Waals surface area contributed by atoms with Gasteiger partial charge in [-0.05, 0) is 50.6 Å². The molecule has 0 aliphatic carbocycles. The first-order chi connectivity index (χ1) is 13.5. The van der Waals surface area contributed by atoms with E-state index in [2.05, 4.69) is 56.4 Å². The van der Waals surface area contributed by atoms with Crippen molar-refractivity contribution in [2.45, 2.75) is 25.7 Å². The van der Waals surface area contributed by atoms with Crippen molar-refractivity contribution in [2.24, 2.45) is 0 Å². The van der Waals surface area contributed by atoms with Crippen LogP contribution in [0.5, 0.6) is 0 Å². The molecule has 0 fully saturated rings. The van der Waals surface area contributed by atoms with Gasteiger partial charge in [0.1, 0.15) is 10.0 Å². The molecule has 1 amide bonds. The maximum Gasteiger partial charge on any atom is 0.235 e. The lowest BCUT2D eigenvalue weighted by Crippen LogP contribution is -2.13. The predicted molar refractivity (Wildman–Crippen MR) is 123 cm³/mol. The lowest BCUT2D eigenvalue weighted by molar-refractivity contribution is -0.113. The zero-order valence-corrected chi connectivity index (χ0v) is 18.4. The number of benzene rings is 2. The molecule has 2 heterocycles. The Morgan fingerprint density at radius 2 is 1.79 bits per heavy atom. The summed E-state index contributed by atoms with van der Waals surface area (Å²) >= 11 is 4.85. The molecule has 0 saturated heterocycles. The van der Waals surface area contributed by atoms with E-state index in [1.165, 1.54) is 16.0 Å². The topological polar surface area (TPSA) is 42.0 Å². The summed E-state index contributed by atoms with van der Waals surface area (Å²) in [5.74, 6) is 0.396. The number of aromatic nitrogens is 1. The minimum absolute atomic E-state index is 0.00851. The van der Waals surface area contributed by atoms with Gasteiger partial charge in [0.2, 0.25) is 5.91 Å². The second-order valence-electron chi connectivity index (χ2n) is 6.62. The molecule has 0 unspecified atom stereocenters. The quantitative estimate of drug-likeness (QED) is 0.363. The number of hydrogen-bond donors (Lipinski definition) is 1. The fourth-order valence-electron chi connectivity index (χ4n) is 2.90. The molecule has 2 aromatic carbocycles. The maximum absolute atomic E-state index is 12.6. The predicted octanol–water partition coefficient (Wildman–Crippen LogP) is 6.68. The van der Waals surface area contributed by atoms with Gasteiger partial charge < -0.3 is 5.32 Å². The van der Waals surface area contributed by atoms with E-state index < -0.39 is 0 Å². The standard InChI is InChI=1S/C22H20N2OS3/c1-13-8-10-16(11-9-13)26-12-19(25)24-22-20(14(2)15(3)27-22)21-23-17-6-4-5-7-18(17)28-21/h4-11H,12H2,1-3H3,(H,24,25). The molecule has 0 bridgehead atoms. The number of carbonyl (C=O) groups is 1. The van der Waals surface area contributed by atoms with Gasteiger partial charge in [0.15, 0.2) is 0 Å². The molecular formula is C22H20N2OS3. The van der Waals surface area contributed by atoms with Crippen LogP contribution in [0.1, 0.15) is 16.0 Å². The molecule has 0 saturated carbocycles. The van der Waals surface area contributed by atoms with Gasteiger partial charge in [-0.2, -0.15) is 0 Å².